The Labute approximate surface area is 135 Å². The van der Waals surface area contributed by atoms with Gasteiger partial charge in [-0.3, -0.25) is 0 Å². The molecule has 0 N–H and O–H groups in total. The number of alkyl halides is 13. The lowest BCUT2D eigenvalue weighted by Crippen LogP contribution is -2.57. The van der Waals surface area contributed by atoms with Crippen LogP contribution >= 0.6 is 0 Å². The first-order valence-electron chi connectivity index (χ1n) is 5.25. The third-order valence-corrected chi connectivity index (χ3v) is 1.89. The Kier molecular flexibility index (Phi) is 6.63. The molecule has 0 aromatic carbocycles. The van der Waals surface area contributed by atoms with Crippen molar-refractivity contribution in [2.45, 2.75) is 36.7 Å². The Hall–Kier alpha value is -1.66. The number of hydrogen-bond acceptors (Lipinski definition) is 3. The van der Waals surface area contributed by atoms with Gasteiger partial charge in [0.1, 0.15) is 0 Å². The van der Waals surface area contributed by atoms with Crippen LogP contribution in [0.15, 0.2) is 12.1 Å². The molecule has 0 fully saturated rings. The lowest BCUT2D eigenvalue weighted by atomic mass is 10.5. The average molecular weight is 448 g/mol. The van der Waals surface area contributed by atoms with E-state index >= 15 is 0 Å². The van der Waals surface area contributed by atoms with Gasteiger partial charge in [0.05, 0.1) is 0 Å². The van der Waals surface area contributed by atoms with Gasteiger partial charge < -0.3 is 4.74 Å². The lowest BCUT2D eigenvalue weighted by molar-refractivity contribution is -0.557. The Morgan fingerprint density at radius 2 is 0.741 bits per heavy atom. The van der Waals surface area contributed by atoms with Crippen molar-refractivity contribution in [1.82, 2.24) is 0 Å². The summed E-state index contributed by atoms with van der Waals surface area (Å²) >= 11 is 0. The molecule has 27 heavy (non-hydrogen) atoms. The molecule has 162 valence electrons. The van der Waals surface area contributed by atoms with E-state index in [1.807, 2.05) is 4.74 Å². The molecule has 0 aromatic rings. The van der Waals surface area contributed by atoms with E-state index in [9.17, 15) is 70.2 Å². The van der Waals surface area contributed by atoms with Crippen LogP contribution in [-0.2, 0) is 14.2 Å². The zero-order valence-electron chi connectivity index (χ0n) is 11.3. The fraction of sp³-hybridized carbons (Fsp3) is 0.750. The molecule has 0 unspecified atom stereocenters. The standard InChI is InChI=1S/C8F16O3/c9-1(10)2(11)25-5(17,18)6(19,20)27-8(23,24)7(21,22)26-4(15,16)3(12,13)14. The van der Waals surface area contributed by atoms with E-state index in [0.29, 0.717) is 0 Å². The quantitative estimate of drug-likeness (QED) is 0.358. The van der Waals surface area contributed by atoms with E-state index in [2.05, 4.69) is 0 Å². The highest BCUT2D eigenvalue weighted by Crippen LogP contribution is 2.50. The van der Waals surface area contributed by atoms with Crippen molar-refractivity contribution in [3.8, 4) is 0 Å². The largest absolute Gasteiger partial charge is 0.496 e. The molecule has 0 spiro atoms. The first-order chi connectivity index (χ1) is 11.5. The highest BCUT2D eigenvalue weighted by molar-refractivity contribution is 4.85. The minimum absolute atomic E-state index is 1.34. The van der Waals surface area contributed by atoms with Crippen molar-refractivity contribution in [2.75, 3.05) is 0 Å². The van der Waals surface area contributed by atoms with Gasteiger partial charge in [-0.1, -0.05) is 0 Å². The average Bonchev–Trinajstić information content (AvgIpc) is 2.33. The molecule has 0 saturated heterocycles. The molecular formula is C8F16O3. The Balaban J connectivity index is 5.68. The van der Waals surface area contributed by atoms with Crippen LogP contribution in [0.1, 0.15) is 0 Å². The summed E-state index contributed by atoms with van der Waals surface area (Å²) < 4.78 is 200. The summed E-state index contributed by atoms with van der Waals surface area (Å²) in [5.41, 5.74) is 0. The summed E-state index contributed by atoms with van der Waals surface area (Å²) in [5.74, 6) is 0. The summed E-state index contributed by atoms with van der Waals surface area (Å²) in [6, 6.07) is -3.82. The predicted molar refractivity (Wildman–Crippen MR) is 44.4 cm³/mol. The number of ether oxygens (including phenoxy) is 3. The number of rotatable bonds is 8. The van der Waals surface area contributed by atoms with E-state index in [1.165, 1.54) is 9.47 Å². The van der Waals surface area contributed by atoms with E-state index in [4.69, 9.17) is 0 Å². The van der Waals surface area contributed by atoms with E-state index < -0.39 is 48.8 Å². The molecule has 0 radical (unpaired) electrons. The van der Waals surface area contributed by atoms with Crippen LogP contribution in [0.25, 0.3) is 0 Å². The molecule has 0 atom stereocenters. The summed E-state index contributed by atoms with van der Waals surface area (Å²) in [5, 5.41) is 0. The van der Waals surface area contributed by atoms with Gasteiger partial charge in [-0.25, -0.2) is 9.47 Å². The van der Waals surface area contributed by atoms with Crippen LogP contribution in [0, 0.1) is 0 Å². The molecule has 0 aliphatic rings. The van der Waals surface area contributed by atoms with Crippen molar-refractivity contribution in [1.29, 1.82) is 0 Å². The van der Waals surface area contributed by atoms with Gasteiger partial charge >= 0.3 is 48.8 Å². The van der Waals surface area contributed by atoms with Gasteiger partial charge in [-0.2, -0.15) is 70.2 Å². The van der Waals surface area contributed by atoms with E-state index in [0.717, 1.165) is 0 Å². The fourth-order valence-corrected chi connectivity index (χ4v) is 0.769. The Morgan fingerprint density at radius 1 is 0.444 bits per heavy atom. The second-order valence-electron chi connectivity index (χ2n) is 3.92. The Morgan fingerprint density at radius 3 is 1.04 bits per heavy atom. The third kappa shape index (κ3) is 5.66. The van der Waals surface area contributed by atoms with Gasteiger partial charge in [0.15, 0.2) is 0 Å². The molecule has 0 aromatic heterocycles. The maximum absolute atomic E-state index is 12.7. The van der Waals surface area contributed by atoms with Crippen molar-refractivity contribution in [3.63, 3.8) is 0 Å². The molecule has 0 rings (SSSR count). The Bertz CT molecular complexity index is 559. The van der Waals surface area contributed by atoms with Gasteiger partial charge in [-0.15, -0.1) is 0 Å². The predicted octanol–water partition coefficient (Wildman–Crippen LogP) is 5.60. The second kappa shape index (κ2) is 7.06. The second-order valence-corrected chi connectivity index (χ2v) is 3.92. The first kappa shape index (κ1) is 25.3. The molecule has 0 amide bonds. The molecule has 19 heteroatoms. The van der Waals surface area contributed by atoms with Gasteiger partial charge in [-0.05, 0) is 0 Å². The molecule has 0 aliphatic carbocycles. The SMILES string of the molecule is FC(F)=C(F)OC(F)(F)C(F)(F)OC(F)(F)C(F)(F)OC(F)(F)C(F)(F)F. The van der Waals surface area contributed by atoms with E-state index in [1.54, 1.807) is 0 Å². The monoisotopic (exact) mass is 448 g/mol. The smallest absolute Gasteiger partial charge is 0.396 e. The highest BCUT2D eigenvalue weighted by atomic mass is 19.4. The summed E-state index contributed by atoms with van der Waals surface area (Å²) in [6.07, 6.45) is -46.9. The molecule has 0 heterocycles. The van der Waals surface area contributed by atoms with Gasteiger partial charge in [0.25, 0.3) is 0 Å². The highest BCUT2D eigenvalue weighted by Gasteiger charge is 2.76. The number of hydrogen-bond donors (Lipinski definition) is 0. The lowest BCUT2D eigenvalue weighted by Gasteiger charge is -2.33. The third-order valence-electron chi connectivity index (χ3n) is 1.89. The normalized spacial score (nSPS) is 15.0. The van der Waals surface area contributed by atoms with Crippen LogP contribution in [0.3, 0.4) is 0 Å². The molecule has 3 nitrogen and oxygen atoms in total. The van der Waals surface area contributed by atoms with Crippen LogP contribution in [-0.4, -0.2) is 36.7 Å². The fourth-order valence-electron chi connectivity index (χ4n) is 0.769. The summed E-state index contributed by atoms with van der Waals surface area (Å²) in [4.78, 5) is 0. The first-order valence-corrected chi connectivity index (χ1v) is 5.25. The van der Waals surface area contributed by atoms with Crippen molar-refractivity contribution in [3.05, 3.63) is 12.1 Å². The zero-order valence-corrected chi connectivity index (χ0v) is 11.3. The maximum atomic E-state index is 12.7. The molecule has 0 aliphatic heterocycles. The topological polar surface area (TPSA) is 27.7 Å². The number of halogens is 16. The zero-order chi connectivity index (χ0) is 22.3. The van der Waals surface area contributed by atoms with Crippen molar-refractivity contribution in [2.24, 2.45) is 0 Å². The minimum atomic E-state index is -7.38. The van der Waals surface area contributed by atoms with Crippen LogP contribution < -0.4 is 0 Å². The van der Waals surface area contributed by atoms with Crippen molar-refractivity contribution < 1.29 is 84.5 Å². The molecule has 0 bridgehead atoms. The molecular weight excluding hydrogens is 448 g/mol. The van der Waals surface area contributed by atoms with Crippen LogP contribution in [0.5, 0.6) is 0 Å². The molecule has 0 saturated carbocycles. The van der Waals surface area contributed by atoms with Crippen molar-refractivity contribution >= 4 is 0 Å². The minimum Gasteiger partial charge on any atom is -0.396 e. The van der Waals surface area contributed by atoms with Gasteiger partial charge in [0.2, 0.25) is 0 Å². The van der Waals surface area contributed by atoms with E-state index in [-0.39, 0.29) is 0 Å². The maximum Gasteiger partial charge on any atom is 0.496 e. The summed E-state index contributed by atoms with van der Waals surface area (Å²) in [7, 11) is 0. The van der Waals surface area contributed by atoms with Crippen LogP contribution in [0.2, 0.25) is 0 Å². The van der Waals surface area contributed by atoms with Gasteiger partial charge in [0, 0.05) is 0 Å². The van der Waals surface area contributed by atoms with Crippen LogP contribution in [0.4, 0.5) is 70.2 Å². The summed E-state index contributed by atoms with van der Waals surface area (Å²) in [6.45, 7) is 0.